The molecule has 1 heterocycles. The van der Waals surface area contributed by atoms with E-state index in [4.69, 9.17) is 4.74 Å². The van der Waals surface area contributed by atoms with Crippen LogP contribution in [-0.4, -0.2) is 6.61 Å². The molecule has 0 aromatic heterocycles. The normalized spacial score (nSPS) is 24.2. The molecule has 60 valence electrons. The van der Waals surface area contributed by atoms with E-state index in [1.165, 1.54) is 5.57 Å². The summed E-state index contributed by atoms with van der Waals surface area (Å²) in [5, 5.41) is 0. The minimum Gasteiger partial charge on any atom is -0.489 e. The monoisotopic (exact) mass is 150 g/mol. The summed E-state index contributed by atoms with van der Waals surface area (Å²) in [7, 11) is 0. The lowest BCUT2D eigenvalue weighted by Gasteiger charge is -2.13. The van der Waals surface area contributed by atoms with Crippen molar-refractivity contribution in [3.63, 3.8) is 0 Å². The molecular formula is C10H14O. The summed E-state index contributed by atoms with van der Waals surface area (Å²) in [5.41, 5.74) is 1.19. The number of ether oxygens (including phenoxy) is 1. The first-order chi connectivity index (χ1) is 5.38. The van der Waals surface area contributed by atoms with Crippen LogP contribution in [0.5, 0.6) is 0 Å². The molecule has 0 bridgehead atoms. The van der Waals surface area contributed by atoms with Crippen LogP contribution in [0, 0.1) is 0 Å². The zero-order chi connectivity index (χ0) is 8.10. The van der Waals surface area contributed by atoms with E-state index >= 15 is 0 Å². The zero-order valence-corrected chi connectivity index (χ0v) is 7.13. The van der Waals surface area contributed by atoms with Crippen molar-refractivity contribution in [1.29, 1.82) is 0 Å². The fourth-order valence-corrected chi connectivity index (χ4v) is 1.08. The largest absolute Gasteiger partial charge is 0.489 e. The molecular weight excluding hydrogens is 136 g/mol. The van der Waals surface area contributed by atoms with E-state index in [0.717, 1.165) is 12.2 Å². The number of allylic oxidation sites excluding steroid dienone is 3. The molecule has 0 radical (unpaired) electrons. The van der Waals surface area contributed by atoms with Crippen molar-refractivity contribution in [2.24, 2.45) is 0 Å². The van der Waals surface area contributed by atoms with Gasteiger partial charge in [0.05, 0.1) is 0 Å². The van der Waals surface area contributed by atoms with Crippen LogP contribution in [0.3, 0.4) is 0 Å². The maximum absolute atomic E-state index is 5.43. The molecule has 0 amide bonds. The Kier molecular flexibility index (Phi) is 2.96. The van der Waals surface area contributed by atoms with Gasteiger partial charge in [-0.1, -0.05) is 19.1 Å². The standard InChI is InChI=1S/C10H14O/c1-3-6-10-9(4-2)7-5-8-11-10/h4-7H,3,8H2,1-2H3/b9-4-,10-6+. The minimum atomic E-state index is 0.711. The van der Waals surface area contributed by atoms with Gasteiger partial charge in [-0.3, -0.25) is 0 Å². The fraction of sp³-hybridized carbons (Fsp3) is 0.400. The average molecular weight is 150 g/mol. The first kappa shape index (κ1) is 8.12. The molecule has 0 spiro atoms. The van der Waals surface area contributed by atoms with Gasteiger partial charge in [-0.25, -0.2) is 0 Å². The fourth-order valence-electron chi connectivity index (χ4n) is 1.08. The molecule has 0 unspecified atom stereocenters. The van der Waals surface area contributed by atoms with Crippen LogP contribution in [0.4, 0.5) is 0 Å². The van der Waals surface area contributed by atoms with Crippen LogP contribution in [0.25, 0.3) is 0 Å². The third kappa shape index (κ3) is 1.97. The highest BCUT2D eigenvalue weighted by Crippen LogP contribution is 2.17. The van der Waals surface area contributed by atoms with Crippen molar-refractivity contribution >= 4 is 0 Å². The molecule has 0 N–H and O–H groups in total. The molecule has 1 heteroatoms. The van der Waals surface area contributed by atoms with Crippen molar-refractivity contribution < 1.29 is 4.74 Å². The molecule has 11 heavy (non-hydrogen) atoms. The SMILES string of the molecule is C/C=C1/C=CCO/C1=C/CC. The Balaban J connectivity index is 2.80. The second-order valence-electron chi connectivity index (χ2n) is 2.43. The van der Waals surface area contributed by atoms with E-state index in [9.17, 15) is 0 Å². The highest BCUT2D eigenvalue weighted by molar-refractivity contribution is 5.37. The molecule has 1 aliphatic heterocycles. The second-order valence-corrected chi connectivity index (χ2v) is 2.43. The van der Waals surface area contributed by atoms with Crippen LogP contribution in [0.1, 0.15) is 20.3 Å². The number of rotatable bonds is 1. The summed E-state index contributed by atoms with van der Waals surface area (Å²) in [6.07, 6.45) is 9.34. The van der Waals surface area contributed by atoms with Crippen molar-refractivity contribution in [1.82, 2.24) is 0 Å². The number of hydrogen-bond acceptors (Lipinski definition) is 1. The van der Waals surface area contributed by atoms with E-state index in [-0.39, 0.29) is 0 Å². The predicted octanol–water partition coefficient (Wildman–Crippen LogP) is 2.81. The quantitative estimate of drug-likeness (QED) is 0.558. The van der Waals surface area contributed by atoms with E-state index in [1.807, 2.05) is 13.0 Å². The van der Waals surface area contributed by atoms with Gasteiger partial charge >= 0.3 is 0 Å². The molecule has 1 aliphatic rings. The minimum absolute atomic E-state index is 0.711. The molecule has 0 aromatic carbocycles. The van der Waals surface area contributed by atoms with Crippen LogP contribution < -0.4 is 0 Å². The van der Waals surface area contributed by atoms with Crippen molar-refractivity contribution in [3.05, 3.63) is 35.6 Å². The van der Waals surface area contributed by atoms with E-state index in [1.54, 1.807) is 0 Å². The Labute approximate surface area is 68.1 Å². The Morgan fingerprint density at radius 3 is 3.09 bits per heavy atom. The highest BCUT2D eigenvalue weighted by Gasteiger charge is 2.04. The highest BCUT2D eigenvalue weighted by atomic mass is 16.5. The maximum atomic E-state index is 5.43. The Morgan fingerprint density at radius 2 is 2.45 bits per heavy atom. The van der Waals surface area contributed by atoms with Crippen LogP contribution in [0.2, 0.25) is 0 Å². The van der Waals surface area contributed by atoms with Crippen molar-refractivity contribution in [2.45, 2.75) is 20.3 Å². The molecule has 0 fully saturated rings. The van der Waals surface area contributed by atoms with Gasteiger partial charge in [0, 0.05) is 5.57 Å². The van der Waals surface area contributed by atoms with Crippen LogP contribution in [-0.2, 0) is 4.74 Å². The molecule has 0 saturated heterocycles. The zero-order valence-electron chi connectivity index (χ0n) is 7.13. The van der Waals surface area contributed by atoms with Gasteiger partial charge in [0.15, 0.2) is 0 Å². The van der Waals surface area contributed by atoms with Crippen molar-refractivity contribution in [3.8, 4) is 0 Å². The van der Waals surface area contributed by atoms with Gasteiger partial charge in [0.1, 0.15) is 12.4 Å². The van der Waals surface area contributed by atoms with E-state index < -0.39 is 0 Å². The maximum Gasteiger partial charge on any atom is 0.122 e. The topological polar surface area (TPSA) is 9.23 Å². The average Bonchev–Trinajstić information content (AvgIpc) is 2.06. The van der Waals surface area contributed by atoms with Gasteiger partial charge in [-0.05, 0) is 25.5 Å². The van der Waals surface area contributed by atoms with Crippen LogP contribution in [0.15, 0.2) is 35.6 Å². The first-order valence-corrected chi connectivity index (χ1v) is 4.04. The molecule has 1 nitrogen and oxygen atoms in total. The second kappa shape index (κ2) is 4.02. The summed E-state index contributed by atoms with van der Waals surface area (Å²) in [6, 6.07) is 0. The lowest BCUT2D eigenvalue weighted by Crippen LogP contribution is -2.00. The van der Waals surface area contributed by atoms with E-state index in [0.29, 0.717) is 6.61 Å². The van der Waals surface area contributed by atoms with Gasteiger partial charge in [-0.15, -0.1) is 0 Å². The summed E-state index contributed by atoms with van der Waals surface area (Å²) < 4.78 is 5.43. The number of hydrogen-bond donors (Lipinski definition) is 0. The Hall–Kier alpha value is -0.980. The Morgan fingerprint density at radius 1 is 1.64 bits per heavy atom. The summed E-state index contributed by atoms with van der Waals surface area (Å²) in [6.45, 7) is 4.85. The third-order valence-electron chi connectivity index (χ3n) is 1.62. The lowest BCUT2D eigenvalue weighted by atomic mass is 10.1. The van der Waals surface area contributed by atoms with Gasteiger partial charge in [-0.2, -0.15) is 0 Å². The van der Waals surface area contributed by atoms with Gasteiger partial charge in [0.25, 0.3) is 0 Å². The third-order valence-corrected chi connectivity index (χ3v) is 1.62. The Bertz CT molecular complexity index is 209. The van der Waals surface area contributed by atoms with Crippen molar-refractivity contribution in [2.75, 3.05) is 6.61 Å². The molecule has 0 atom stereocenters. The van der Waals surface area contributed by atoms with E-state index in [2.05, 4.69) is 25.2 Å². The summed E-state index contributed by atoms with van der Waals surface area (Å²) in [4.78, 5) is 0. The van der Waals surface area contributed by atoms with Crippen LogP contribution >= 0.6 is 0 Å². The molecule has 0 aliphatic carbocycles. The first-order valence-electron chi connectivity index (χ1n) is 4.04. The smallest absolute Gasteiger partial charge is 0.122 e. The molecule has 0 saturated carbocycles. The van der Waals surface area contributed by atoms with Gasteiger partial charge in [0.2, 0.25) is 0 Å². The predicted molar refractivity (Wildman–Crippen MR) is 47.2 cm³/mol. The lowest BCUT2D eigenvalue weighted by molar-refractivity contribution is 0.250. The summed E-state index contributed by atoms with van der Waals surface area (Å²) >= 11 is 0. The molecule has 1 rings (SSSR count). The summed E-state index contributed by atoms with van der Waals surface area (Å²) in [5.74, 6) is 1.03. The van der Waals surface area contributed by atoms with Gasteiger partial charge < -0.3 is 4.74 Å². The molecule has 0 aromatic rings.